The molecule has 152 valence electrons. The second kappa shape index (κ2) is 8.31. The first-order valence-electron chi connectivity index (χ1n) is 10.2. The summed E-state index contributed by atoms with van der Waals surface area (Å²) in [6.07, 6.45) is 6.14. The van der Waals surface area contributed by atoms with E-state index in [4.69, 9.17) is 0 Å². The van der Waals surface area contributed by atoms with Gasteiger partial charge in [-0.1, -0.05) is 19.3 Å². The Morgan fingerprint density at radius 3 is 2.38 bits per heavy atom. The van der Waals surface area contributed by atoms with Gasteiger partial charge >= 0.3 is 0 Å². The highest BCUT2D eigenvalue weighted by Gasteiger charge is 2.33. The van der Waals surface area contributed by atoms with E-state index in [9.17, 15) is 18.4 Å². The second-order valence-electron chi connectivity index (χ2n) is 8.00. The van der Waals surface area contributed by atoms with Crippen LogP contribution in [0.1, 0.15) is 52.8 Å². The van der Waals surface area contributed by atoms with Crippen molar-refractivity contribution in [1.29, 1.82) is 0 Å². The molecule has 1 saturated heterocycles. The number of likely N-dealkylation sites (tertiary alicyclic amines) is 1. The van der Waals surface area contributed by atoms with Crippen LogP contribution in [0.3, 0.4) is 0 Å². The Kier molecular flexibility index (Phi) is 5.60. The lowest BCUT2D eigenvalue weighted by atomic mass is 9.75. The number of carbonyl (C=O) groups excluding carboxylic acids is 2. The van der Waals surface area contributed by atoms with Crippen LogP contribution < -0.4 is 5.32 Å². The molecule has 2 aromatic carbocycles. The lowest BCUT2D eigenvalue weighted by molar-refractivity contribution is 0.0521. The topological polar surface area (TPSA) is 49.4 Å². The maximum Gasteiger partial charge on any atom is 0.258 e. The smallest absolute Gasteiger partial charge is 0.258 e. The van der Waals surface area contributed by atoms with Crippen molar-refractivity contribution in [2.75, 3.05) is 18.4 Å². The number of piperidine rings is 1. The van der Waals surface area contributed by atoms with Crippen LogP contribution in [0.2, 0.25) is 0 Å². The van der Waals surface area contributed by atoms with Gasteiger partial charge in [0.1, 0.15) is 11.6 Å². The van der Waals surface area contributed by atoms with Gasteiger partial charge in [0, 0.05) is 30.4 Å². The summed E-state index contributed by atoms with van der Waals surface area (Å²) >= 11 is 0. The van der Waals surface area contributed by atoms with E-state index in [1.165, 1.54) is 25.7 Å². The monoisotopic (exact) mass is 398 g/mol. The van der Waals surface area contributed by atoms with E-state index in [2.05, 4.69) is 5.32 Å². The second-order valence-corrected chi connectivity index (χ2v) is 8.00. The molecule has 2 aromatic rings. The van der Waals surface area contributed by atoms with Crippen LogP contribution in [0.4, 0.5) is 14.5 Å². The van der Waals surface area contributed by atoms with Crippen molar-refractivity contribution in [3.63, 3.8) is 0 Å². The van der Waals surface area contributed by atoms with Crippen LogP contribution in [0.25, 0.3) is 0 Å². The molecule has 6 heteroatoms. The Morgan fingerprint density at radius 1 is 0.931 bits per heavy atom. The molecule has 2 atom stereocenters. The molecule has 2 aliphatic rings. The molecule has 1 aliphatic heterocycles. The van der Waals surface area contributed by atoms with E-state index < -0.39 is 17.5 Å². The maximum atomic E-state index is 13.7. The van der Waals surface area contributed by atoms with E-state index in [0.29, 0.717) is 23.2 Å². The summed E-state index contributed by atoms with van der Waals surface area (Å²) in [4.78, 5) is 27.0. The first kappa shape index (κ1) is 19.6. The zero-order valence-corrected chi connectivity index (χ0v) is 16.2. The van der Waals surface area contributed by atoms with Crippen molar-refractivity contribution in [2.24, 2.45) is 11.8 Å². The van der Waals surface area contributed by atoms with Crippen molar-refractivity contribution in [3.05, 3.63) is 65.2 Å². The average molecular weight is 398 g/mol. The minimum Gasteiger partial charge on any atom is -0.338 e. The fourth-order valence-electron chi connectivity index (χ4n) is 4.54. The van der Waals surface area contributed by atoms with E-state index >= 15 is 0 Å². The molecule has 29 heavy (non-hydrogen) atoms. The number of hydrogen-bond donors (Lipinski definition) is 1. The van der Waals surface area contributed by atoms with Crippen molar-refractivity contribution < 1.29 is 18.4 Å². The van der Waals surface area contributed by atoms with Gasteiger partial charge in [-0.3, -0.25) is 9.59 Å². The maximum absolute atomic E-state index is 13.7. The summed E-state index contributed by atoms with van der Waals surface area (Å²) < 4.78 is 26.7. The molecule has 1 saturated carbocycles. The number of nitrogens with zero attached hydrogens (tertiary/aromatic N) is 1. The van der Waals surface area contributed by atoms with Gasteiger partial charge in [-0.15, -0.1) is 0 Å². The summed E-state index contributed by atoms with van der Waals surface area (Å²) in [5.41, 5.74) is 0.786. The van der Waals surface area contributed by atoms with Crippen LogP contribution in [0.5, 0.6) is 0 Å². The van der Waals surface area contributed by atoms with Gasteiger partial charge in [-0.2, -0.15) is 0 Å². The number of hydrogen-bond acceptors (Lipinski definition) is 2. The fourth-order valence-corrected chi connectivity index (χ4v) is 4.54. The highest BCUT2D eigenvalue weighted by Crippen LogP contribution is 2.36. The van der Waals surface area contributed by atoms with Crippen LogP contribution in [0, 0.1) is 23.5 Å². The third kappa shape index (κ3) is 4.31. The number of halogens is 2. The Balaban J connectivity index is 1.39. The SMILES string of the molecule is O=C(Nc1ccc(C(=O)N2CC[C@H]3CCCC[C@H]3C2)cc1)c1ccc(F)cc1F. The standard InChI is InChI=1S/C23H24F2N2O2/c24-18-7-10-20(21(25)13-18)22(28)26-19-8-5-16(6-9-19)23(29)27-12-11-15-3-1-2-4-17(15)14-27/h5-10,13,15,17H,1-4,11-12,14H2,(H,26,28)/t15-,17+/m1/s1. The molecule has 2 fully saturated rings. The summed E-state index contributed by atoms with van der Waals surface area (Å²) in [6.45, 7) is 1.62. The van der Waals surface area contributed by atoms with Gasteiger partial charge in [0.15, 0.2) is 0 Å². The lowest BCUT2D eigenvalue weighted by Crippen LogP contribution is -2.44. The highest BCUT2D eigenvalue weighted by molar-refractivity contribution is 6.04. The van der Waals surface area contributed by atoms with Gasteiger partial charge < -0.3 is 10.2 Å². The largest absolute Gasteiger partial charge is 0.338 e. The van der Waals surface area contributed by atoms with Crippen LogP contribution in [-0.2, 0) is 0 Å². The van der Waals surface area contributed by atoms with Gasteiger partial charge in [0.2, 0.25) is 0 Å². The number of amides is 2. The highest BCUT2D eigenvalue weighted by atomic mass is 19.1. The first-order valence-corrected chi connectivity index (χ1v) is 10.2. The van der Waals surface area contributed by atoms with Crippen LogP contribution in [-0.4, -0.2) is 29.8 Å². The molecular formula is C23H24F2N2O2. The van der Waals surface area contributed by atoms with Crippen molar-refractivity contribution in [1.82, 2.24) is 4.90 Å². The van der Waals surface area contributed by atoms with Crippen molar-refractivity contribution in [3.8, 4) is 0 Å². The molecule has 0 radical (unpaired) electrons. The zero-order chi connectivity index (χ0) is 20.4. The molecule has 0 bridgehead atoms. The summed E-state index contributed by atoms with van der Waals surface area (Å²) in [6, 6.07) is 9.41. The van der Waals surface area contributed by atoms with E-state index in [1.54, 1.807) is 24.3 Å². The van der Waals surface area contributed by atoms with Gasteiger partial charge in [-0.25, -0.2) is 8.78 Å². The van der Waals surface area contributed by atoms with Gasteiger partial charge in [-0.05, 0) is 61.1 Å². The quantitative estimate of drug-likeness (QED) is 0.802. The molecular weight excluding hydrogens is 374 g/mol. The van der Waals surface area contributed by atoms with Crippen molar-refractivity contribution >= 4 is 17.5 Å². The van der Waals surface area contributed by atoms with E-state index in [1.807, 2.05) is 4.90 Å². The molecule has 0 aromatic heterocycles. The third-order valence-corrected chi connectivity index (χ3v) is 6.14. The minimum absolute atomic E-state index is 0.0106. The van der Waals surface area contributed by atoms with Gasteiger partial charge in [0.05, 0.1) is 5.56 Å². The number of carbonyl (C=O) groups is 2. The molecule has 2 amide bonds. The summed E-state index contributed by atoms with van der Waals surface area (Å²) in [5, 5.41) is 2.58. The number of fused-ring (bicyclic) bond motifs is 1. The Morgan fingerprint density at radius 2 is 1.66 bits per heavy atom. The molecule has 1 N–H and O–H groups in total. The molecule has 0 spiro atoms. The van der Waals surface area contributed by atoms with Crippen molar-refractivity contribution in [2.45, 2.75) is 32.1 Å². The summed E-state index contributed by atoms with van der Waals surface area (Å²) in [7, 11) is 0. The minimum atomic E-state index is -0.916. The molecule has 1 heterocycles. The Labute approximate surface area is 168 Å². The third-order valence-electron chi connectivity index (χ3n) is 6.14. The number of nitrogens with one attached hydrogen (secondary N) is 1. The molecule has 4 nitrogen and oxygen atoms in total. The molecule has 0 unspecified atom stereocenters. The summed E-state index contributed by atoms with van der Waals surface area (Å²) in [5.74, 6) is -0.931. The normalized spacial score (nSPS) is 21.4. The van der Waals surface area contributed by atoms with Crippen LogP contribution >= 0.6 is 0 Å². The first-order chi connectivity index (χ1) is 14.0. The lowest BCUT2D eigenvalue weighted by Gasteiger charge is -2.41. The molecule has 4 rings (SSSR count). The Bertz CT molecular complexity index is 914. The van der Waals surface area contributed by atoms with Gasteiger partial charge in [0.25, 0.3) is 11.8 Å². The number of benzene rings is 2. The average Bonchev–Trinajstić information content (AvgIpc) is 2.73. The molecule has 1 aliphatic carbocycles. The zero-order valence-electron chi connectivity index (χ0n) is 16.2. The van der Waals surface area contributed by atoms with E-state index in [0.717, 1.165) is 37.6 Å². The number of anilines is 1. The Hall–Kier alpha value is -2.76. The van der Waals surface area contributed by atoms with E-state index in [-0.39, 0.29) is 11.5 Å². The van der Waals surface area contributed by atoms with Crippen LogP contribution in [0.15, 0.2) is 42.5 Å². The predicted molar refractivity (Wildman–Crippen MR) is 107 cm³/mol. The fraction of sp³-hybridized carbons (Fsp3) is 0.391. The predicted octanol–water partition coefficient (Wildman–Crippen LogP) is 4.87. The number of rotatable bonds is 3.